The van der Waals surface area contributed by atoms with Gasteiger partial charge in [-0.2, -0.15) is 5.10 Å². The van der Waals surface area contributed by atoms with Crippen molar-refractivity contribution in [3.63, 3.8) is 0 Å². The summed E-state index contributed by atoms with van der Waals surface area (Å²) in [4.78, 5) is 16.1. The number of nitrogens with zero attached hydrogens (tertiary/aromatic N) is 3. The Hall–Kier alpha value is -2.67. The van der Waals surface area contributed by atoms with Crippen LogP contribution in [0.3, 0.4) is 0 Å². The van der Waals surface area contributed by atoms with E-state index in [1.54, 1.807) is 16.4 Å². The second kappa shape index (κ2) is 6.84. The van der Waals surface area contributed by atoms with E-state index in [1.165, 1.54) is 23.7 Å². The van der Waals surface area contributed by atoms with Crippen LogP contribution in [0.4, 0.5) is 0 Å². The second-order valence-corrected chi connectivity index (χ2v) is 6.62. The molecule has 7 heteroatoms. The number of hydrogen-bond acceptors (Lipinski definition) is 5. The molecule has 0 bridgehead atoms. The molecule has 6 nitrogen and oxygen atoms in total. The molecule has 0 saturated carbocycles. The maximum atomic E-state index is 11.0. The van der Waals surface area contributed by atoms with Crippen LogP contribution in [0.15, 0.2) is 42.3 Å². The molecular formula is C17H17N3O3S. The smallest absolute Gasteiger partial charge is 0.338 e. The molecule has 0 spiro atoms. The zero-order chi connectivity index (χ0) is 17.1. The van der Waals surface area contributed by atoms with E-state index < -0.39 is 5.97 Å². The Labute approximate surface area is 143 Å². The molecule has 0 saturated heterocycles. The third kappa shape index (κ3) is 3.46. The monoisotopic (exact) mass is 343 g/mol. The quantitative estimate of drug-likeness (QED) is 0.738. The van der Waals surface area contributed by atoms with E-state index in [0.29, 0.717) is 12.5 Å². The Bertz CT molecular complexity index is 841. The van der Waals surface area contributed by atoms with Gasteiger partial charge in [0, 0.05) is 18.0 Å². The molecule has 0 unspecified atom stereocenters. The summed E-state index contributed by atoms with van der Waals surface area (Å²) in [5.74, 6) is 0.200. The summed E-state index contributed by atoms with van der Waals surface area (Å²) in [5, 5.41) is 13.2. The van der Waals surface area contributed by atoms with Gasteiger partial charge in [0.2, 0.25) is 0 Å². The van der Waals surface area contributed by atoms with Gasteiger partial charge in [0.05, 0.1) is 34.4 Å². The highest BCUT2D eigenvalue weighted by molar-refractivity contribution is 7.13. The molecule has 0 aliphatic carbocycles. The minimum atomic E-state index is -0.999. The van der Waals surface area contributed by atoms with E-state index in [4.69, 9.17) is 9.84 Å². The molecule has 0 atom stereocenters. The summed E-state index contributed by atoms with van der Waals surface area (Å²) in [7, 11) is 0. The first kappa shape index (κ1) is 16.2. The molecule has 3 rings (SSSR count). The fourth-order valence-electron chi connectivity index (χ4n) is 2.16. The van der Waals surface area contributed by atoms with E-state index in [2.05, 4.69) is 23.9 Å². The summed E-state index contributed by atoms with van der Waals surface area (Å²) in [5.41, 5.74) is 3.60. The lowest BCUT2D eigenvalue weighted by Gasteiger charge is -2.13. The van der Waals surface area contributed by atoms with Crippen LogP contribution in [-0.2, 0) is 0 Å². The van der Waals surface area contributed by atoms with Crippen molar-refractivity contribution in [1.29, 1.82) is 0 Å². The standard InChI is InChI=1S/C17H17N3O3S/c1-11(2)9-23-15-4-3-13(5-14(15)16-7-18-10-24-16)20-8-12(6-19-20)17(21)22/h3-8,10-11H,9H2,1-2H3,(H,21,22). The number of hydrogen-bond donors (Lipinski definition) is 1. The first-order valence-corrected chi connectivity index (χ1v) is 8.36. The topological polar surface area (TPSA) is 77.2 Å². The SMILES string of the molecule is CC(C)COc1ccc(-n2cc(C(=O)O)cn2)cc1-c1cncs1. The van der Waals surface area contributed by atoms with E-state index in [9.17, 15) is 4.79 Å². The van der Waals surface area contributed by atoms with Crippen LogP contribution in [-0.4, -0.2) is 32.4 Å². The van der Waals surface area contributed by atoms with Gasteiger partial charge in [-0.1, -0.05) is 13.8 Å². The third-order valence-electron chi connectivity index (χ3n) is 3.33. The predicted molar refractivity (Wildman–Crippen MR) is 92.0 cm³/mol. The Morgan fingerprint density at radius 1 is 1.38 bits per heavy atom. The molecule has 1 N–H and O–H groups in total. The number of carboxylic acids is 1. The van der Waals surface area contributed by atoms with Gasteiger partial charge in [0.15, 0.2) is 0 Å². The first-order chi connectivity index (χ1) is 11.5. The molecule has 124 valence electrons. The maximum Gasteiger partial charge on any atom is 0.338 e. The van der Waals surface area contributed by atoms with Crippen molar-refractivity contribution in [3.8, 4) is 21.9 Å². The number of ether oxygens (including phenoxy) is 1. The Balaban J connectivity index is 2.00. The van der Waals surface area contributed by atoms with Gasteiger partial charge in [-0.25, -0.2) is 9.48 Å². The van der Waals surface area contributed by atoms with Gasteiger partial charge < -0.3 is 9.84 Å². The third-order valence-corrected chi connectivity index (χ3v) is 4.13. The Kier molecular flexibility index (Phi) is 4.61. The zero-order valence-corrected chi connectivity index (χ0v) is 14.2. The molecule has 0 fully saturated rings. The highest BCUT2D eigenvalue weighted by Crippen LogP contribution is 2.34. The molecule has 0 radical (unpaired) electrons. The number of carbonyl (C=O) groups is 1. The van der Waals surface area contributed by atoms with Gasteiger partial charge >= 0.3 is 5.97 Å². The molecule has 3 aromatic rings. The van der Waals surface area contributed by atoms with Crippen molar-refractivity contribution in [2.45, 2.75) is 13.8 Å². The van der Waals surface area contributed by atoms with Crippen LogP contribution < -0.4 is 4.74 Å². The summed E-state index contributed by atoms with van der Waals surface area (Å²) < 4.78 is 7.45. The number of aromatic carboxylic acids is 1. The minimum Gasteiger partial charge on any atom is -0.493 e. The lowest BCUT2D eigenvalue weighted by atomic mass is 10.1. The van der Waals surface area contributed by atoms with Crippen molar-refractivity contribution < 1.29 is 14.6 Å². The summed E-state index contributed by atoms with van der Waals surface area (Å²) in [6.45, 7) is 4.81. The van der Waals surface area contributed by atoms with E-state index in [0.717, 1.165) is 21.9 Å². The average molecular weight is 343 g/mol. The molecule has 0 amide bonds. The number of benzene rings is 1. The number of thiazole rings is 1. The summed E-state index contributed by atoms with van der Waals surface area (Å²) in [6, 6.07) is 5.68. The summed E-state index contributed by atoms with van der Waals surface area (Å²) >= 11 is 1.52. The largest absolute Gasteiger partial charge is 0.493 e. The molecule has 2 aromatic heterocycles. The maximum absolute atomic E-state index is 11.0. The van der Waals surface area contributed by atoms with Crippen molar-refractivity contribution >= 4 is 17.3 Å². The predicted octanol–water partition coefficient (Wildman–Crippen LogP) is 3.73. The van der Waals surface area contributed by atoms with Crippen LogP contribution in [0.5, 0.6) is 5.75 Å². The minimum absolute atomic E-state index is 0.148. The van der Waals surface area contributed by atoms with Crippen molar-refractivity contribution in [3.05, 3.63) is 47.9 Å². The molecule has 2 heterocycles. The molecule has 0 aliphatic rings. The molecular weight excluding hydrogens is 326 g/mol. The lowest BCUT2D eigenvalue weighted by molar-refractivity contribution is 0.0697. The van der Waals surface area contributed by atoms with Gasteiger partial charge in [-0.3, -0.25) is 4.98 Å². The van der Waals surface area contributed by atoms with E-state index in [-0.39, 0.29) is 5.56 Å². The van der Waals surface area contributed by atoms with Crippen LogP contribution in [0, 0.1) is 5.92 Å². The van der Waals surface area contributed by atoms with Crippen molar-refractivity contribution in [1.82, 2.24) is 14.8 Å². The second-order valence-electron chi connectivity index (χ2n) is 5.73. The zero-order valence-electron chi connectivity index (χ0n) is 13.3. The lowest BCUT2D eigenvalue weighted by Crippen LogP contribution is -2.05. The number of carboxylic acid groups (broad SMARTS) is 1. The van der Waals surface area contributed by atoms with E-state index >= 15 is 0 Å². The van der Waals surface area contributed by atoms with Crippen LogP contribution in [0.25, 0.3) is 16.1 Å². The van der Waals surface area contributed by atoms with Crippen LogP contribution in [0.1, 0.15) is 24.2 Å². The number of aromatic nitrogens is 3. The molecule has 1 aromatic carbocycles. The van der Waals surface area contributed by atoms with Crippen LogP contribution >= 0.6 is 11.3 Å². The average Bonchev–Trinajstić information content (AvgIpc) is 3.24. The van der Waals surface area contributed by atoms with Gasteiger partial charge in [-0.15, -0.1) is 11.3 Å². The summed E-state index contributed by atoms with van der Waals surface area (Å²) in [6.07, 6.45) is 4.61. The fraction of sp³-hybridized carbons (Fsp3) is 0.235. The van der Waals surface area contributed by atoms with Gasteiger partial charge in [0.1, 0.15) is 5.75 Å². The van der Waals surface area contributed by atoms with Crippen molar-refractivity contribution in [2.75, 3.05) is 6.61 Å². The fourth-order valence-corrected chi connectivity index (χ4v) is 2.80. The Morgan fingerprint density at radius 2 is 2.21 bits per heavy atom. The Morgan fingerprint density at radius 3 is 2.83 bits per heavy atom. The van der Waals surface area contributed by atoms with Crippen molar-refractivity contribution in [2.24, 2.45) is 5.92 Å². The van der Waals surface area contributed by atoms with Crippen LogP contribution in [0.2, 0.25) is 0 Å². The highest BCUT2D eigenvalue weighted by Gasteiger charge is 2.13. The highest BCUT2D eigenvalue weighted by atomic mass is 32.1. The molecule has 24 heavy (non-hydrogen) atoms. The number of rotatable bonds is 6. The first-order valence-electron chi connectivity index (χ1n) is 7.48. The normalized spacial score (nSPS) is 11.0. The van der Waals surface area contributed by atoms with Gasteiger partial charge in [-0.05, 0) is 24.1 Å². The van der Waals surface area contributed by atoms with Gasteiger partial charge in [0.25, 0.3) is 0 Å². The van der Waals surface area contributed by atoms with E-state index in [1.807, 2.05) is 18.2 Å². The molecule has 0 aliphatic heterocycles.